The van der Waals surface area contributed by atoms with Gasteiger partial charge in [0.1, 0.15) is 35.0 Å². The predicted molar refractivity (Wildman–Crippen MR) is 122 cm³/mol. The van der Waals surface area contributed by atoms with Crippen molar-refractivity contribution in [3.05, 3.63) is 84.7 Å². The van der Waals surface area contributed by atoms with Gasteiger partial charge in [-0.1, -0.05) is 24.8 Å². The zero-order valence-corrected chi connectivity index (χ0v) is 17.4. The number of hydrogen-bond acceptors (Lipinski definition) is 7. The molecule has 0 bridgehead atoms. The van der Waals surface area contributed by atoms with Gasteiger partial charge in [0, 0.05) is 24.7 Å². The summed E-state index contributed by atoms with van der Waals surface area (Å²) in [5.41, 5.74) is 6.69. The molecule has 3 N–H and O–H groups in total. The number of rotatable bonds is 7. The van der Waals surface area contributed by atoms with Gasteiger partial charge < -0.3 is 20.7 Å². The molecule has 0 unspecified atom stereocenters. The topological polar surface area (TPSA) is 110 Å². The van der Waals surface area contributed by atoms with Crippen molar-refractivity contribution >= 4 is 23.3 Å². The van der Waals surface area contributed by atoms with E-state index in [9.17, 15) is 9.59 Å². The molecule has 8 heteroatoms. The monoisotopic (exact) mass is 429 g/mol. The molecule has 1 aliphatic rings. The van der Waals surface area contributed by atoms with Crippen molar-refractivity contribution < 1.29 is 14.3 Å². The van der Waals surface area contributed by atoms with E-state index in [1.165, 1.54) is 12.4 Å². The van der Waals surface area contributed by atoms with Crippen LogP contribution < -0.4 is 15.8 Å². The highest BCUT2D eigenvalue weighted by Gasteiger charge is 2.27. The molecule has 1 fully saturated rings. The second kappa shape index (κ2) is 9.30. The summed E-state index contributed by atoms with van der Waals surface area (Å²) in [7, 11) is 0. The molecule has 1 saturated heterocycles. The van der Waals surface area contributed by atoms with Crippen molar-refractivity contribution in [2.45, 2.75) is 12.5 Å². The van der Waals surface area contributed by atoms with Gasteiger partial charge in [-0.3, -0.25) is 9.59 Å². The van der Waals surface area contributed by atoms with Gasteiger partial charge in [0.05, 0.1) is 0 Å². The Labute approximate surface area is 185 Å². The molecular formula is C24H23N5O3. The van der Waals surface area contributed by atoms with Crippen LogP contribution in [0.3, 0.4) is 0 Å². The van der Waals surface area contributed by atoms with Gasteiger partial charge in [-0.25, -0.2) is 9.97 Å². The van der Waals surface area contributed by atoms with Crippen molar-refractivity contribution in [2.75, 3.05) is 24.1 Å². The fourth-order valence-electron chi connectivity index (χ4n) is 3.58. The van der Waals surface area contributed by atoms with E-state index >= 15 is 0 Å². The van der Waals surface area contributed by atoms with E-state index in [-0.39, 0.29) is 29.1 Å². The van der Waals surface area contributed by atoms with E-state index in [2.05, 4.69) is 21.9 Å². The third-order valence-electron chi connectivity index (χ3n) is 5.21. The maximum absolute atomic E-state index is 13.2. The average molecular weight is 429 g/mol. The highest BCUT2D eigenvalue weighted by atomic mass is 16.5. The van der Waals surface area contributed by atoms with Crippen LogP contribution in [0.15, 0.2) is 73.6 Å². The molecule has 3 aromatic rings. The summed E-state index contributed by atoms with van der Waals surface area (Å²) in [6, 6.07) is 16.1. The second-order valence-electron chi connectivity index (χ2n) is 7.37. The first-order valence-corrected chi connectivity index (χ1v) is 10.2. The summed E-state index contributed by atoms with van der Waals surface area (Å²) in [6.07, 6.45) is 3.33. The Hall–Kier alpha value is -4.20. The SMILES string of the molecule is C=CC(=O)N1CC[C@@H](Nc2ncnc(N)c2C(=O)c2ccc(Oc3ccccc3)cc2)C1. The lowest BCUT2D eigenvalue weighted by molar-refractivity contribution is -0.125. The number of nitrogens with zero attached hydrogens (tertiary/aromatic N) is 3. The third-order valence-corrected chi connectivity index (χ3v) is 5.21. The summed E-state index contributed by atoms with van der Waals surface area (Å²) in [5, 5.41) is 3.25. The molecular weight excluding hydrogens is 406 g/mol. The highest BCUT2D eigenvalue weighted by molar-refractivity contribution is 6.14. The minimum Gasteiger partial charge on any atom is -0.457 e. The fraction of sp³-hybridized carbons (Fsp3) is 0.167. The number of ether oxygens (including phenoxy) is 1. The number of nitrogens with one attached hydrogen (secondary N) is 1. The van der Waals surface area contributed by atoms with Crippen LogP contribution in [-0.2, 0) is 4.79 Å². The number of nitrogen functional groups attached to an aromatic ring is 1. The number of anilines is 2. The molecule has 32 heavy (non-hydrogen) atoms. The number of hydrogen-bond donors (Lipinski definition) is 2. The molecule has 2 aromatic carbocycles. The Bertz CT molecular complexity index is 1130. The number of likely N-dealkylation sites (tertiary alicyclic amines) is 1. The molecule has 0 aliphatic carbocycles. The normalized spacial score (nSPS) is 15.2. The van der Waals surface area contributed by atoms with Gasteiger partial charge in [-0.2, -0.15) is 0 Å². The largest absolute Gasteiger partial charge is 0.457 e. The zero-order chi connectivity index (χ0) is 22.5. The number of amides is 1. The molecule has 4 rings (SSSR count). The summed E-state index contributed by atoms with van der Waals surface area (Å²) >= 11 is 0. The standard InChI is InChI=1S/C24H23N5O3/c1-2-20(30)29-13-12-17(14-29)28-24-21(23(25)26-15-27-24)22(31)16-8-10-19(11-9-16)32-18-6-4-3-5-7-18/h2-11,15,17H,1,12-14H2,(H3,25,26,27,28)/t17-/m1/s1. The summed E-state index contributed by atoms with van der Waals surface area (Å²) in [6.45, 7) is 4.62. The number of benzene rings is 2. The first-order chi connectivity index (χ1) is 15.5. The molecule has 0 radical (unpaired) electrons. The number of aromatic nitrogens is 2. The zero-order valence-electron chi connectivity index (χ0n) is 17.4. The van der Waals surface area contributed by atoms with E-state index in [1.807, 2.05) is 30.3 Å². The Morgan fingerprint density at radius 1 is 1.09 bits per heavy atom. The van der Waals surface area contributed by atoms with Crippen LogP contribution in [0.25, 0.3) is 0 Å². The third kappa shape index (κ3) is 4.59. The van der Waals surface area contributed by atoms with Gasteiger partial charge in [-0.15, -0.1) is 0 Å². The smallest absolute Gasteiger partial charge is 0.246 e. The van der Waals surface area contributed by atoms with E-state index in [0.29, 0.717) is 36.0 Å². The summed E-state index contributed by atoms with van der Waals surface area (Å²) in [5.74, 6) is 1.35. The minimum atomic E-state index is -0.297. The molecule has 162 valence electrons. The van der Waals surface area contributed by atoms with Crippen LogP contribution in [0, 0.1) is 0 Å². The molecule has 0 saturated carbocycles. The van der Waals surface area contributed by atoms with Gasteiger partial charge >= 0.3 is 0 Å². The van der Waals surface area contributed by atoms with Crippen LogP contribution in [-0.4, -0.2) is 45.7 Å². The number of carbonyl (C=O) groups excluding carboxylic acids is 2. The molecule has 1 aromatic heterocycles. The Balaban J connectivity index is 1.51. The van der Waals surface area contributed by atoms with Crippen LogP contribution in [0.1, 0.15) is 22.3 Å². The fourth-order valence-corrected chi connectivity index (χ4v) is 3.58. The number of carbonyl (C=O) groups is 2. The van der Waals surface area contributed by atoms with Crippen LogP contribution in [0.5, 0.6) is 11.5 Å². The van der Waals surface area contributed by atoms with E-state index in [4.69, 9.17) is 10.5 Å². The van der Waals surface area contributed by atoms with Crippen LogP contribution in [0.2, 0.25) is 0 Å². The lowest BCUT2D eigenvalue weighted by atomic mass is 10.0. The summed E-state index contributed by atoms with van der Waals surface area (Å²) < 4.78 is 5.78. The number of para-hydroxylation sites is 1. The number of nitrogens with two attached hydrogens (primary N) is 1. The first-order valence-electron chi connectivity index (χ1n) is 10.2. The van der Waals surface area contributed by atoms with Crippen molar-refractivity contribution in [1.29, 1.82) is 0 Å². The molecule has 1 atom stereocenters. The molecule has 8 nitrogen and oxygen atoms in total. The van der Waals surface area contributed by atoms with E-state index in [1.54, 1.807) is 29.2 Å². The van der Waals surface area contributed by atoms with Crippen LogP contribution >= 0.6 is 0 Å². The Morgan fingerprint density at radius 2 is 1.81 bits per heavy atom. The average Bonchev–Trinajstić information content (AvgIpc) is 3.28. The van der Waals surface area contributed by atoms with Crippen molar-refractivity contribution in [1.82, 2.24) is 14.9 Å². The molecule has 2 heterocycles. The van der Waals surface area contributed by atoms with Gasteiger partial charge in [0.25, 0.3) is 0 Å². The van der Waals surface area contributed by atoms with Crippen molar-refractivity contribution in [3.63, 3.8) is 0 Å². The maximum atomic E-state index is 13.2. The van der Waals surface area contributed by atoms with Crippen LogP contribution in [0.4, 0.5) is 11.6 Å². The Morgan fingerprint density at radius 3 is 2.53 bits per heavy atom. The lowest BCUT2D eigenvalue weighted by Crippen LogP contribution is -2.30. The Kier molecular flexibility index (Phi) is 6.12. The minimum absolute atomic E-state index is 0.0543. The van der Waals surface area contributed by atoms with Gasteiger partial charge in [0.15, 0.2) is 5.78 Å². The quantitative estimate of drug-likeness (QED) is 0.438. The van der Waals surface area contributed by atoms with Gasteiger partial charge in [0.2, 0.25) is 5.91 Å². The van der Waals surface area contributed by atoms with Crippen molar-refractivity contribution in [2.24, 2.45) is 0 Å². The van der Waals surface area contributed by atoms with Crippen molar-refractivity contribution in [3.8, 4) is 11.5 Å². The first kappa shape index (κ1) is 21.0. The molecule has 1 aliphatic heterocycles. The molecule has 0 spiro atoms. The highest BCUT2D eigenvalue weighted by Crippen LogP contribution is 2.26. The molecule has 1 amide bonds. The predicted octanol–water partition coefficient (Wildman–Crippen LogP) is 3.28. The number of ketones is 1. The second-order valence-corrected chi connectivity index (χ2v) is 7.37. The lowest BCUT2D eigenvalue weighted by Gasteiger charge is -2.18. The van der Waals surface area contributed by atoms with E-state index < -0.39 is 0 Å². The van der Waals surface area contributed by atoms with E-state index in [0.717, 1.165) is 6.42 Å². The maximum Gasteiger partial charge on any atom is 0.246 e. The van der Waals surface area contributed by atoms with Gasteiger partial charge in [-0.05, 0) is 48.9 Å². The summed E-state index contributed by atoms with van der Waals surface area (Å²) in [4.78, 5) is 35.0.